The predicted molar refractivity (Wildman–Crippen MR) is 62.7 cm³/mol. The smallest absolute Gasteiger partial charge is 0.124 e. The van der Waals surface area contributed by atoms with E-state index < -0.39 is 8.24 Å². The van der Waals surface area contributed by atoms with Gasteiger partial charge in [0.1, 0.15) is 8.24 Å². The van der Waals surface area contributed by atoms with Gasteiger partial charge in [-0.25, -0.2) is 0 Å². The van der Waals surface area contributed by atoms with Gasteiger partial charge in [0.15, 0.2) is 0 Å². The van der Waals surface area contributed by atoms with E-state index in [0.29, 0.717) is 4.66 Å². The Morgan fingerprint density at radius 2 is 1.42 bits per heavy atom. The second kappa shape index (κ2) is 3.64. The molecule has 0 bridgehead atoms. The summed E-state index contributed by atoms with van der Waals surface area (Å²) < 4.78 is 3.06. The standard InChI is InChI=1S/C9H24NSi2/c1-9(2,11(5)6)12(7,8)10(3)4/h1-8H3. The predicted octanol–water partition coefficient (Wildman–Crippen LogP) is 2.83. The normalized spacial score (nSPS) is 14.5. The van der Waals surface area contributed by atoms with Crippen LogP contribution >= 0.6 is 0 Å². The summed E-state index contributed by atoms with van der Waals surface area (Å²) in [5.41, 5.74) is 0. The molecule has 0 aromatic rings. The Kier molecular flexibility index (Phi) is 3.76. The Bertz CT molecular complexity index is 133. The monoisotopic (exact) mass is 202 g/mol. The summed E-state index contributed by atoms with van der Waals surface area (Å²) in [6, 6.07) is 0. The zero-order chi connectivity index (χ0) is 10.2. The molecule has 0 saturated heterocycles. The average Bonchev–Trinajstić information content (AvgIpc) is 1.86. The molecule has 0 spiro atoms. The van der Waals surface area contributed by atoms with Crippen LogP contribution in [0.5, 0.6) is 0 Å². The van der Waals surface area contributed by atoms with Crippen molar-refractivity contribution < 1.29 is 0 Å². The summed E-state index contributed by atoms with van der Waals surface area (Å²) in [5.74, 6) is 0. The molecule has 0 aliphatic heterocycles. The topological polar surface area (TPSA) is 3.24 Å². The fraction of sp³-hybridized carbons (Fsp3) is 1.00. The van der Waals surface area contributed by atoms with E-state index in [4.69, 9.17) is 0 Å². The first-order chi connectivity index (χ1) is 5.14. The molecule has 0 aromatic heterocycles. The molecule has 0 aliphatic rings. The molecule has 0 unspecified atom stereocenters. The Hall–Kier alpha value is 0.394. The molecular weight excluding hydrogens is 178 g/mol. The molecule has 0 atom stereocenters. The second-order valence-corrected chi connectivity index (χ2v) is 14.1. The molecule has 1 nitrogen and oxygen atoms in total. The van der Waals surface area contributed by atoms with Gasteiger partial charge in [0, 0.05) is 8.80 Å². The van der Waals surface area contributed by atoms with Crippen molar-refractivity contribution >= 4 is 17.0 Å². The van der Waals surface area contributed by atoms with Gasteiger partial charge in [0.2, 0.25) is 0 Å². The maximum atomic E-state index is 2.48. The SMILES string of the molecule is CN(C)[Si](C)(C)C(C)(C)[Si](C)C. The van der Waals surface area contributed by atoms with Crippen LogP contribution in [0.3, 0.4) is 0 Å². The summed E-state index contributed by atoms with van der Waals surface area (Å²) in [7, 11) is 3.08. The molecule has 73 valence electrons. The summed E-state index contributed by atoms with van der Waals surface area (Å²) in [4.78, 5) is 0. The molecule has 0 aliphatic carbocycles. The van der Waals surface area contributed by atoms with Crippen LogP contribution in [-0.2, 0) is 0 Å². The van der Waals surface area contributed by atoms with Gasteiger partial charge >= 0.3 is 0 Å². The van der Waals surface area contributed by atoms with Crippen molar-refractivity contribution in [2.45, 2.75) is 44.7 Å². The van der Waals surface area contributed by atoms with E-state index in [1.807, 2.05) is 0 Å². The summed E-state index contributed by atoms with van der Waals surface area (Å²) in [6.07, 6.45) is 0. The van der Waals surface area contributed by atoms with Crippen LogP contribution in [0, 0.1) is 0 Å². The van der Waals surface area contributed by atoms with E-state index in [-0.39, 0.29) is 8.80 Å². The van der Waals surface area contributed by atoms with Crippen LogP contribution in [0.2, 0.25) is 30.8 Å². The van der Waals surface area contributed by atoms with Crippen molar-refractivity contribution in [3.05, 3.63) is 0 Å². The number of rotatable bonds is 3. The molecule has 0 rings (SSSR count). The lowest BCUT2D eigenvalue weighted by molar-refractivity contribution is 0.586. The van der Waals surface area contributed by atoms with Gasteiger partial charge in [0.25, 0.3) is 0 Å². The Balaban J connectivity index is 4.75. The molecule has 0 fully saturated rings. The van der Waals surface area contributed by atoms with Gasteiger partial charge in [0.05, 0.1) is 0 Å². The minimum atomic E-state index is -1.19. The van der Waals surface area contributed by atoms with Crippen LogP contribution in [0.1, 0.15) is 13.8 Å². The minimum absolute atomic E-state index is 0.192. The van der Waals surface area contributed by atoms with Gasteiger partial charge in [-0.1, -0.05) is 40.0 Å². The van der Waals surface area contributed by atoms with Crippen LogP contribution < -0.4 is 0 Å². The highest BCUT2D eigenvalue weighted by molar-refractivity contribution is 6.90. The molecule has 0 amide bonds. The van der Waals surface area contributed by atoms with Gasteiger partial charge in [-0.15, -0.1) is 0 Å². The van der Waals surface area contributed by atoms with Crippen LogP contribution in [0.15, 0.2) is 0 Å². The molecule has 0 saturated carbocycles. The first-order valence-corrected chi connectivity index (χ1v) is 10.1. The Morgan fingerprint density at radius 1 is 1.08 bits per heavy atom. The fourth-order valence-electron chi connectivity index (χ4n) is 1.17. The average molecular weight is 202 g/mol. The van der Waals surface area contributed by atoms with Gasteiger partial charge in [-0.3, -0.25) is 0 Å². The summed E-state index contributed by atoms with van der Waals surface area (Å²) in [6.45, 7) is 14.7. The quantitative estimate of drug-likeness (QED) is 0.636. The lowest BCUT2D eigenvalue weighted by Gasteiger charge is -2.46. The zero-order valence-electron chi connectivity index (χ0n) is 9.95. The number of nitrogens with zero attached hydrogens (tertiary/aromatic N) is 1. The van der Waals surface area contributed by atoms with E-state index in [1.165, 1.54) is 0 Å². The molecular formula is C9H24NSi2. The van der Waals surface area contributed by atoms with Crippen molar-refractivity contribution in [1.29, 1.82) is 0 Å². The van der Waals surface area contributed by atoms with Crippen molar-refractivity contribution in [2.75, 3.05) is 14.1 Å². The van der Waals surface area contributed by atoms with E-state index in [1.54, 1.807) is 0 Å². The molecule has 0 aromatic carbocycles. The van der Waals surface area contributed by atoms with E-state index in [9.17, 15) is 0 Å². The molecule has 12 heavy (non-hydrogen) atoms. The maximum Gasteiger partial charge on any atom is 0.124 e. The second-order valence-electron chi connectivity index (χ2n) is 5.08. The molecule has 1 radical (unpaired) electrons. The van der Waals surface area contributed by atoms with Crippen LogP contribution in [-0.4, -0.2) is 35.7 Å². The summed E-state index contributed by atoms with van der Waals surface area (Å²) >= 11 is 0. The van der Waals surface area contributed by atoms with Crippen molar-refractivity contribution in [3.8, 4) is 0 Å². The van der Waals surface area contributed by atoms with Crippen molar-refractivity contribution in [1.82, 2.24) is 4.57 Å². The molecule has 0 N–H and O–H groups in total. The van der Waals surface area contributed by atoms with Gasteiger partial charge in [-0.2, -0.15) is 0 Å². The lowest BCUT2D eigenvalue weighted by atomic mass is 10.5. The first-order valence-electron chi connectivity index (χ1n) is 4.62. The third kappa shape index (κ3) is 2.00. The highest BCUT2D eigenvalue weighted by Gasteiger charge is 2.43. The number of hydrogen-bond acceptors (Lipinski definition) is 1. The largest absolute Gasteiger partial charge is 0.329 e. The van der Waals surface area contributed by atoms with E-state index in [2.05, 4.69) is 58.7 Å². The van der Waals surface area contributed by atoms with Gasteiger partial charge < -0.3 is 4.57 Å². The van der Waals surface area contributed by atoms with E-state index in [0.717, 1.165) is 0 Å². The highest BCUT2D eigenvalue weighted by atomic mass is 28.4. The van der Waals surface area contributed by atoms with Gasteiger partial charge in [-0.05, 0) is 18.8 Å². The summed E-state index contributed by atoms with van der Waals surface area (Å²) in [5, 5.41) is 0. The Labute approximate surface area is 80.9 Å². The van der Waals surface area contributed by atoms with Crippen LogP contribution in [0.25, 0.3) is 0 Å². The molecule has 3 heteroatoms. The van der Waals surface area contributed by atoms with Crippen LogP contribution in [0.4, 0.5) is 0 Å². The minimum Gasteiger partial charge on any atom is -0.329 e. The third-order valence-corrected chi connectivity index (χ3v) is 15.0. The highest BCUT2D eigenvalue weighted by Crippen LogP contribution is 2.40. The van der Waals surface area contributed by atoms with Crippen molar-refractivity contribution in [3.63, 3.8) is 0 Å². The molecule has 0 heterocycles. The Morgan fingerprint density at radius 3 is 1.50 bits per heavy atom. The fourth-order valence-corrected chi connectivity index (χ4v) is 7.85. The third-order valence-electron chi connectivity index (χ3n) is 3.90. The maximum absolute atomic E-state index is 2.48. The first kappa shape index (κ1) is 12.4. The van der Waals surface area contributed by atoms with E-state index >= 15 is 0 Å². The van der Waals surface area contributed by atoms with Crippen molar-refractivity contribution in [2.24, 2.45) is 0 Å². The lowest BCUT2D eigenvalue weighted by Crippen LogP contribution is -2.56. The zero-order valence-corrected chi connectivity index (χ0v) is 11.9. The number of hydrogen-bond donors (Lipinski definition) is 0.